The van der Waals surface area contributed by atoms with Crippen LogP contribution in [0.5, 0.6) is 0 Å². The molecular weight excluding hydrogens is 408 g/mol. The number of aliphatic carboxylic acids is 1. The highest BCUT2D eigenvalue weighted by Gasteiger charge is 2.29. The van der Waals surface area contributed by atoms with Crippen LogP contribution >= 0.6 is 0 Å². The quantitative estimate of drug-likeness (QED) is 0.622. The zero-order chi connectivity index (χ0) is 23.3. The first kappa shape index (κ1) is 23.3. The van der Waals surface area contributed by atoms with Crippen molar-refractivity contribution in [2.24, 2.45) is 11.8 Å². The standard InChI is InChI=1S/C25H30N2O5/c1-16(2)13-27(14-23(28)29)24(30)17(3)12-26-25(31)32-15-22-20-10-6-4-8-18(20)19-9-5-7-11-21(19)22/h4-11,16-17,22H,12-15H2,1-3H3,(H,26,31)(H,28,29). The van der Waals surface area contributed by atoms with Gasteiger partial charge in [0.05, 0.1) is 5.92 Å². The van der Waals surface area contributed by atoms with Crippen molar-refractivity contribution in [2.45, 2.75) is 26.7 Å². The van der Waals surface area contributed by atoms with Gasteiger partial charge in [0.2, 0.25) is 5.91 Å². The van der Waals surface area contributed by atoms with Gasteiger partial charge in [0.25, 0.3) is 0 Å². The largest absolute Gasteiger partial charge is 0.480 e. The first-order chi connectivity index (χ1) is 15.3. The predicted octanol–water partition coefficient (Wildman–Crippen LogP) is 3.73. The molecule has 0 spiro atoms. The summed E-state index contributed by atoms with van der Waals surface area (Å²) >= 11 is 0. The van der Waals surface area contributed by atoms with Crippen molar-refractivity contribution >= 4 is 18.0 Å². The Labute approximate surface area is 188 Å². The lowest BCUT2D eigenvalue weighted by Crippen LogP contribution is -2.44. The van der Waals surface area contributed by atoms with E-state index in [9.17, 15) is 14.4 Å². The van der Waals surface area contributed by atoms with Crippen molar-refractivity contribution in [1.29, 1.82) is 0 Å². The van der Waals surface area contributed by atoms with E-state index >= 15 is 0 Å². The zero-order valence-corrected chi connectivity index (χ0v) is 18.7. The first-order valence-corrected chi connectivity index (χ1v) is 10.9. The molecule has 7 nitrogen and oxygen atoms in total. The van der Waals surface area contributed by atoms with Gasteiger partial charge in [0, 0.05) is 19.0 Å². The predicted molar refractivity (Wildman–Crippen MR) is 121 cm³/mol. The Balaban J connectivity index is 1.55. The molecule has 2 amide bonds. The molecule has 32 heavy (non-hydrogen) atoms. The van der Waals surface area contributed by atoms with Crippen LogP contribution in [0.4, 0.5) is 4.79 Å². The number of carboxylic acids is 1. The zero-order valence-electron chi connectivity index (χ0n) is 18.7. The Morgan fingerprint density at radius 1 is 1.00 bits per heavy atom. The van der Waals surface area contributed by atoms with Gasteiger partial charge in [-0.3, -0.25) is 9.59 Å². The summed E-state index contributed by atoms with van der Waals surface area (Å²) in [5, 5.41) is 11.7. The molecular formula is C25H30N2O5. The monoisotopic (exact) mass is 438 g/mol. The molecule has 0 aromatic heterocycles. The fraction of sp³-hybridized carbons (Fsp3) is 0.400. The van der Waals surface area contributed by atoms with Gasteiger partial charge in [-0.2, -0.15) is 0 Å². The summed E-state index contributed by atoms with van der Waals surface area (Å²) in [5.74, 6) is -1.82. The molecule has 3 rings (SSSR count). The van der Waals surface area contributed by atoms with Crippen molar-refractivity contribution in [3.63, 3.8) is 0 Å². The summed E-state index contributed by atoms with van der Waals surface area (Å²) in [7, 11) is 0. The average Bonchev–Trinajstić information content (AvgIpc) is 3.08. The number of nitrogens with zero attached hydrogens (tertiary/aromatic N) is 1. The van der Waals surface area contributed by atoms with Gasteiger partial charge in [-0.25, -0.2) is 4.79 Å². The van der Waals surface area contributed by atoms with Crippen LogP contribution in [0, 0.1) is 11.8 Å². The minimum Gasteiger partial charge on any atom is -0.480 e. The molecule has 2 aromatic rings. The van der Waals surface area contributed by atoms with Crippen LogP contribution in [0.15, 0.2) is 48.5 Å². The maximum atomic E-state index is 12.6. The molecule has 2 aromatic carbocycles. The molecule has 0 radical (unpaired) electrons. The molecule has 0 heterocycles. The molecule has 170 valence electrons. The maximum Gasteiger partial charge on any atom is 0.407 e. The lowest BCUT2D eigenvalue weighted by molar-refractivity contribution is -0.146. The Hall–Kier alpha value is -3.35. The Morgan fingerprint density at radius 2 is 1.56 bits per heavy atom. The Bertz CT molecular complexity index is 942. The number of hydrogen-bond acceptors (Lipinski definition) is 4. The van der Waals surface area contributed by atoms with Crippen molar-refractivity contribution < 1.29 is 24.2 Å². The van der Waals surface area contributed by atoms with Gasteiger partial charge in [0.15, 0.2) is 0 Å². The van der Waals surface area contributed by atoms with Gasteiger partial charge < -0.3 is 20.1 Å². The second-order valence-electron chi connectivity index (χ2n) is 8.61. The van der Waals surface area contributed by atoms with Gasteiger partial charge in [-0.05, 0) is 28.2 Å². The number of hydrogen-bond donors (Lipinski definition) is 2. The molecule has 1 aliphatic carbocycles. The van der Waals surface area contributed by atoms with E-state index in [1.54, 1.807) is 6.92 Å². The van der Waals surface area contributed by atoms with Crippen LogP contribution in [0.3, 0.4) is 0 Å². The summed E-state index contributed by atoms with van der Waals surface area (Å²) in [6.07, 6.45) is -0.597. The SMILES string of the molecule is CC(C)CN(CC(=O)O)C(=O)C(C)CNC(=O)OCC1c2ccccc2-c2ccccc21. The summed E-state index contributed by atoms with van der Waals surface area (Å²) in [5.41, 5.74) is 4.56. The number of benzene rings is 2. The molecule has 0 fully saturated rings. The number of carbonyl (C=O) groups excluding carboxylic acids is 2. The average molecular weight is 439 g/mol. The van der Waals surface area contributed by atoms with Crippen LogP contribution in [0.2, 0.25) is 0 Å². The molecule has 1 unspecified atom stereocenters. The number of amides is 2. The second-order valence-corrected chi connectivity index (χ2v) is 8.61. The molecule has 1 aliphatic rings. The molecule has 7 heteroatoms. The highest BCUT2D eigenvalue weighted by Crippen LogP contribution is 2.44. The number of fused-ring (bicyclic) bond motifs is 3. The second kappa shape index (κ2) is 10.3. The van der Waals surface area contributed by atoms with E-state index in [1.807, 2.05) is 50.2 Å². The lowest BCUT2D eigenvalue weighted by atomic mass is 9.98. The van der Waals surface area contributed by atoms with E-state index in [4.69, 9.17) is 9.84 Å². The number of alkyl carbamates (subject to hydrolysis) is 1. The van der Waals surface area contributed by atoms with E-state index in [0.717, 1.165) is 22.3 Å². The van der Waals surface area contributed by atoms with Crippen LogP contribution < -0.4 is 5.32 Å². The number of ether oxygens (including phenoxy) is 1. The molecule has 1 atom stereocenters. The van der Waals surface area contributed by atoms with Gasteiger partial charge in [-0.1, -0.05) is 69.3 Å². The van der Waals surface area contributed by atoms with Crippen LogP contribution in [0.25, 0.3) is 11.1 Å². The number of rotatable bonds is 9. The van der Waals surface area contributed by atoms with Crippen LogP contribution in [0.1, 0.15) is 37.8 Å². The van der Waals surface area contributed by atoms with Crippen LogP contribution in [-0.4, -0.2) is 54.2 Å². The van der Waals surface area contributed by atoms with Crippen molar-refractivity contribution in [3.05, 3.63) is 59.7 Å². The number of carboxylic acid groups (broad SMARTS) is 1. The summed E-state index contributed by atoms with van der Waals surface area (Å²) in [6.45, 7) is 5.77. The van der Waals surface area contributed by atoms with E-state index < -0.39 is 18.0 Å². The third kappa shape index (κ3) is 5.46. The lowest BCUT2D eigenvalue weighted by Gasteiger charge is -2.26. The molecule has 0 bridgehead atoms. The van der Waals surface area contributed by atoms with Gasteiger partial charge >= 0.3 is 12.1 Å². The Morgan fingerprint density at radius 3 is 2.09 bits per heavy atom. The topological polar surface area (TPSA) is 95.9 Å². The third-order valence-electron chi connectivity index (χ3n) is 5.54. The molecule has 0 saturated heterocycles. The van der Waals surface area contributed by atoms with Crippen molar-refractivity contribution in [3.8, 4) is 11.1 Å². The normalized spacial score (nSPS) is 13.2. The fourth-order valence-electron chi connectivity index (χ4n) is 4.12. The van der Waals surface area contributed by atoms with E-state index in [-0.39, 0.29) is 37.4 Å². The highest BCUT2D eigenvalue weighted by molar-refractivity contribution is 5.83. The van der Waals surface area contributed by atoms with E-state index in [0.29, 0.717) is 6.54 Å². The molecule has 2 N–H and O–H groups in total. The smallest absolute Gasteiger partial charge is 0.407 e. The van der Waals surface area contributed by atoms with Gasteiger partial charge in [0.1, 0.15) is 13.2 Å². The summed E-state index contributed by atoms with van der Waals surface area (Å²) in [6, 6.07) is 16.2. The molecule has 0 aliphatic heterocycles. The maximum absolute atomic E-state index is 12.6. The summed E-state index contributed by atoms with van der Waals surface area (Å²) < 4.78 is 5.49. The number of carbonyl (C=O) groups is 3. The van der Waals surface area contributed by atoms with Crippen molar-refractivity contribution in [2.75, 3.05) is 26.2 Å². The van der Waals surface area contributed by atoms with Crippen molar-refractivity contribution in [1.82, 2.24) is 10.2 Å². The minimum absolute atomic E-state index is 0.0377. The number of nitrogens with one attached hydrogen (secondary N) is 1. The highest BCUT2D eigenvalue weighted by atomic mass is 16.5. The molecule has 0 saturated carbocycles. The van der Waals surface area contributed by atoms with Gasteiger partial charge in [-0.15, -0.1) is 0 Å². The van der Waals surface area contributed by atoms with E-state index in [2.05, 4.69) is 17.4 Å². The van der Waals surface area contributed by atoms with Crippen LogP contribution in [-0.2, 0) is 14.3 Å². The first-order valence-electron chi connectivity index (χ1n) is 10.9. The third-order valence-corrected chi connectivity index (χ3v) is 5.54. The fourth-order valence-corrected chi connectivity index (χ4v) is 4.12. The summed E-state index contributed by atoms with van der Waals surface area (Å²) in [4.78, 5) is 37.4. The van der Waals surface area contributed by atoms with E-state index in [1.165, 1.54) is 4.90 Å². The minimum atomic E-state index is -1.06. The Kier molecular flexibility index (Phi) is 7.51.